The van der Waals surface area contributed by atoms with Crippen molar-refractivity contribution < 1.29 is 23.5 Å². The van der Waals surface area contributed by atoms with Gasteiger partial charge in [-0.3, -0.25) is 9.59 Å². The predicted molar refractivity (Wildman–Crippen MR) is 114 cm³/mol. The number of benzene rings is 1. The number of nitrogens with one attached hydrogen (secondary N) is 2. The average molecular weight is 434 g/mol. The maximum Gasteiger partial charge on any atom is 0.407 e. The quantitative estimate of drug-likeness (QED) is 0.676. The van der Waals surface area contributed by atoms with Crippen molar-refractivity contribution in [2.24, 2.45) is 11.8 Å². The van der Waals surface area contributed by atoms with Crippen LogP contribution in [0.2, 0.25) is 0 Å². The molecule has 0 spiro atoms. The van der Waals surface area contributed by atoms with E-state index in [1.54, 1.807) is 43.9 Å². The molecular weight excluding hydrogens is 401 g/mol. The van der Waals surface area contributed by atoms with Crippen molar-refractivity contribution in [3.8, 4) is 0 Å². The van der Waals surface area contributed by atoms with Crippen LogP contribution >= 0.6 is 0 Å². The lowest BCUT2D eigenvalue weighted by Gasteiger charge is -2.32. The van der Waals surface area contributed by atoms with Gasteiger partial charge in [0.25, 0.3) is 0 Å². The molecule has 3 unspecified atom stereocenters. The Bertz CT molecular complexity index is 823. The van der Waals surface area contributed by atoms with Crippen LogP contribution in [-0.4, -0.2) is 54.6 Å². The Morgan fingerprint density at radius 1 is 1.16 bits per heavy atom. The predicted octanol–water partition coefficient (Wildman–Crippen LogP) is 2.81. The first-order chi connectivity index (χ1) is 14.7. The molecule has 0 aromatic heterocycles. The zero-order valence-corrected chi connectivity index (χ0v) is 18.4. The maximum absolute atomic E-state index is 14.0. The second-order valence-electron chi connectivity index (χ2n) is 9.31. The van der Waals surface area contributed by atoms with Gasteiger partial charge in [0.2, 0.25) is 11.8 Å². The second-order valence-corrected chi connectivity index (χ2v) is 9.31. The van der Waals surface area contributed by atoms with Crippen molar-refractivity contribution in [3.63, 3.8) is 0 Å². The fraction of sp³-hybridized carbons (Fsp3) is 0.609. The Labute approximate surface area is 182 Å². The molecule has 2 aliphatic rings. The number of nitrogens with zero attached hydrogens (tertiary/aromatic N) is 1. The lowest BCUT2D eigenvalue weighted by molar-refractivity contribution is -0.136. The fourth-order valence-corrected chi connectivity index (χ4v) is 4.02. The standard InChI is InChI=1S/C23H32FN3O4/c1-23(2,3)31-22(30)26-11-10-25-20(28)15-7-6-12-27(14-15)21(29)18-13-17(18)16-8-4-5-9-19(16)24/h4-5,8-9,15,17-18H,6-7,10-14H2,1-3H3,(H,25,28)(H,26,30). The van der Waals surface area contributed by atoms with Gasteiger partial charge in [0.15, 0.2) is 0 Å². The lowest BCUT2D eigenvalue weighted by atomic mass is 9.96. The monoisotopic (exact) mass is 433 g/mol. The third kappa shape index (κ3) is 6.42. The fourth-order valence-electron chi connectivity index (χ4n) is 4.02. The Balaban J connectivity index is 1.42. The Hall–Kier alpha value is -2.64. The first kappa shape index (κ1) is 23.0. The summed E-state index contributed by atoms with van der Waals surface area (Å²) >= 11 is 0. The molecule has 3 rings (SSSR count). The molecule has 1 saturated heterocycles. The number of likely N-dealkylation sites (tertiary alicyclic amines) is 1. The van der Waals surface area contributed by atoms with E-state index in [4.69, 9.17) is 4.74 Å². The number of piperidine rings is 1. The van der Waals surface area contributed by atoms with Crippen molar-refractivity contribution in [1.82, 2.24) is 15.5 Å². The summed E-state index contributed by atoms with van der Waals surface area (Å²) in [5.74, 6) is -0.913. The number of amides is 3. The Morgan fingerprint density at radius 2 is 1.87 bits per heavy atom. The topological polar surface area (TPSA) is 87.7 Å². The van der Waals surface area contributed by atoms with Crippen molar-refractivity contribution in [1.29, 1.82) is 0 Å². The number of ether oxygens (including phenoxy) is 1. The molecule has 8 heteroatoms. The van der Waals surface area contributed by atoms with E-state index in [-0.39, 0.29) is 41.9 Å². The molecule has 2 fully saturated rings. The van der Waals surface area contributed by atoms with Gasteiger partial charge in [-0.1, -0.05) is 18.2 Å². The molecule has 7 nitrogen and oxygen atoms in total. The number of halogens is 1. The number of carbonyl (C=O) groups excluding carboxylic acids is 3. The van der Waals surface area contributed by atoms with Gasteiger partial charge in [0.1, 0.15) is 11.4 Å². The molecule has 1 saturated carbocycles. The number of rotatable bonds is 6. The van der Waals surface area contributed by atoms with Crippen LogP contribution in [0.3, 0.4) is 0 Å². The van der Waals surface area contributed by atoms with Crippen LogP contribution < -0.4 is 10.6 Å². The van der Waals surface area contributed by atoms with Gasteiger partial charge >= 0.3 is 6.09 Å². The van der Waals surface area contributed by atoms with Gasteiger partial charge < -0.3 is 20.3 Å². The highest BCUT2D eigenvalue weighted by atomic mass is 19.1. The van der Waals surface area contributed by atoms with E-state index in [1.165, 1.54) is 6.07 Å². The molecule has 3 atom stereocenters. The molecular formula is C23H32FN3O4. The summed E-state index contributed by atoms with van der Waals surface area (Å²) in [7, 11) is 0. The number of hydrogen-bond acceptors (Lipinski definition) is 4. The van der Waals surface area contributed by atoms with Crippen molar-refractivity contribution in [2.75, 3.05) is 26.2 Å². The van der Waals surface area contributed by atoms with Crippen LogP contribution in [0.5, 0.6) is 0 Å². The van der Waals surface area contributed by atoms with Crippen molar-refractivity contribution in [3.05, 3.63) is 35.6 Å². The minimum Gasteiger partial charge on any atom is -0.444 e. The summed E-state index contributed by atoms with van der Waals surface area (Å²) in [5.41, 5.74) is 0.0304. The van der Waals surface area contributed by atoms with Gasteiger partial charge in [-0.15, -0.1) is 0 Å². The summed E-state index contributed by atoms with van der Waals surface area (Å²) in [5, 5.41) is 5.42. The van der Waals surface area contributed by atoms with Gasteiger partial charge in [-0.25, -0.2) is 9.18 Å². The minimum absolute atomic E-state index is 0.0114. The lowest BCUT2D eigenvalue weighted by Crippen LogP contribution is -2.47. The van der Waals surface area contributed by atoms with Gasteiger partial charge in [0, 0.05) is 32.1 Å². The van der Waals surface area contributed by atoms with Crippen LogP contribution in [0.25, 0.3) is 0 Å². The van der Waals surface area contributed by atoms with E-state index >= 15 is 0 Å². The number of hydrogen-bond donors (Lipinski definition) is 2. The Morgan fingerprint density at radius 3 is 2.58 bits per heavy atom. The van der Waals surface area contributed by atoms with Crippen molar-refractivity contribution in [2.45, 2.75) is 51.6 Å². The normalized spacial score (nSPS) is 23.1. The molecule has 31 heavy (non-hydrogen) atoms. The first-order valence-electron chi connectivity index (χ1n) is 10.9. The third-order valence-electron chi connectivity index (χ3n) is 5.61. The van der Waals surface area contributed by atoms with E-state index in [2.05, 4.69) is 10.6 Å². The summed E-state index contributed by atoms with van der Waals surface area (Å²) in [4.78, 5) is 38.8. The third-order valence-corrected chi connectivity index (χ3v) is 5.61. The molecule has 3 amide bonds. The smallest absolute Gasteiger partial charge is 0.407 e. The van der Waals surface area contributed by atoms with E-state index in [0.29, 0.717) is 31.6 Å². The highest BCUT2D eigenvalue weighted by molar-refractivity contribution is 5.85. The summed E-state index contributed by atoms with van der Waals surface area (Å²) in [6, 6.07) is 6.60. The summed E-state index contributed by atoms with van der Waals surface area (Å²) in [6.45, 7) is 6.91. The molecule has 170 valence electrons. The maximum atomic E-state index is 14.0. The van der Waals surface area contributed by atoms with Crippen LogP contribution in [0.4, 0.5) is 9.18 Å². The summed E-state index contributed by atoms with van der Waals surface area (Å²) in [6.07, 6.45) is 1.61. The van der Waals surface area contributed by atoms with E-state index in [1.807, 2.05) is 0 Å². The molecule has 1 aliphatic heterocycles. The van der Waals surface area contributed by atoms with Gasteiger partial charge in [-0.05, 0) is 57.6 Å². The van der Waals surface area contributed by atoms with Crippen molar-refractivity contribution >= 4 is 17.9 Å². The van der Waals surface area contributed by atoms with Gasteiger partial charge in [0.05, 0.1) is 5.92 Å². The summed E-state index contributed by atoms with van der Waals surface area (Å²) < 4.78 is 19.1. The molecule has 2 N–H and O–H groups in total. The van der Waals surface area contributed by atoms with E-state index in [0.717, 1.165) is 12.8 Å². The Kier molecular flexibility index (Phi) is 7.18. The van der Waals surface area contributed by atoms with Gasteiger partial charge in [-0.2, -0.15) is 0 Å². The SMILES string of the molecule is CC(C)(C)OC(=O)NCCNC(=O)C1CCCN(C(=O)C2CC2c2ccccc2F)C1. The second kappa shape index (κ2) is 9.66. The highest BCUT2D eigenvalue weighted by Gasteiger charge is 2.47. The zero-order valence-electron chi connectivity index (χ0n) is 18.4. The number of carbonyl (C=O) groups is 3. The number of alkyl carbamates (subject to hydrolysis) is 1. The van der Waals surface area contributed by atoms with Crippen LogP contribution in [0, 0.1) is 17.7 Å². The van der Waals surface area contributed by atoms with Crippen LogP contribution in [-0.2, 0) is 14.3 Å². The van der Waals surface area contributed by atoms with Crippen LogP contribution in [0.15, 0.2) is 24.3 Å². The van der Waals surface area contributed by atoms with Crippen LogP contribution in [0.1, 0.15) is 51.5 Å². The molecule has 1 aromatic rings. The average Bonchev–Trinajstić information content (AvgIpc) is 3.50. The molecule has 1 aromatic carbocycles. The molecule has 0 radical (unpaired) electrons. The molecule has 1 aliphatic carbocycles. The minimum atomic E-state index is -0.571. The van der Waals surface area contributed by atoms with E-state index in [9.17, 15) is 18.8 Å². The largest absolute Gasteiger partial charge is 0.444 e. The zero-order chi connectivity index (χ0) is 22.6. The highest BCUT2D eigenvalue weighted by Crippen LogP contribution is 2.49. The van der Waals surface area contributed by atoms with E-state index < -0.39 is 11.7 Å². The molecule has 1 heterocycles. The first-order valence-corrected chi connectivity index (χ1v) is 10.9. The molecule has 0 bridgehead atoms.